The van der Waals surface area contributed by atoms with Crippen LogP contribution in [-0.2, 0) is 6.42 Å². The second kappa shape index (κ2) is 3.35. The number of nitrogens with zero attached hydrogens (tertiary/aromatic N) is 2. The molecule has 0 aromatic carbocycles. The standard InChI is InChI=1S/C10H15N3O/c1-2-8(11-5-1)10-12-9(13-14-10)6-7-3-4-7/h7-8,11H,1-6H2. The molecule has 0 spiro atoms. The van der Waals surface area contributed by atoms with Crippen molar-refractivity contribution < 1.29 is 4.52 Å². The molecule has 1 aliphatic carbocycles. The molecule has 3 rings (SSSR count). The van der Waals surface area contributed by atoms with Gasteiger partial charge in [0.15, 0.2) is 5.82 Å². The normalized spacial score (nSPS) is 27.0. The maximum Gasteiger partial charge on any atom is 0.243 e. The van der Waals surface area contributed by atoms with Crippen LogP contribution in [0.2, 0.25) is 0 Å². The summed E-state index contributed by atoms with van der Waals surface area (Å²) < 4.78 is 5.25. The summed E-state index contributed by atoms with van der Waals surface area (Å²) in [4.78, 5) is 4.43. The first-order chi connectivity index (χ1) is 6.92. The second-order valence-electron chi connectivity index (χ2n) is 4.35. The van der Waals surface area contributed by atoms with Crippen molar-refractivity contribution in [1.82, 2.24) is 15.5 Å². The third-order valence-electron chi connectivity index (χ3n) is 3.01. The van der Waals surface area contributed by atoms with Crippen LogP contribution in [-0.4, -0.2) is 16.7 Å². The lowest BCUT2D eigenvalue weighted by atomic mass is 10.2. The van der Waals surface area contributed by atoms with Crippen LogP contribution >= 0.6 is 0 Å². The van der Waals surface area contributed by atoms with Gasteiger partial charge in [-0.2, -0.15) is 4.98 Å². The van der Waals surface area contributed by atoms with Crippen LogP contribution < -0.4 is 5.32 Å². The molecule has 0 radical (unpaired) electrons. The fourth-order valence-corrected chi connectivity index (χ4v) is 1.97. The summed E-state index contributed by atoms with van der Waals surface area (Å²) in [5, 5.41) is 7.37. The van der Waals surface area contributed by atoms with Crippen molar-refractivity contribution in [2.24, 2.45) is 5.92 Å². The lowest BCUT2D eigenvalue weighted by Crippen LogP contribution is -2.13. The van der Waals surface area contributed by atoms with Gasteiger partial charge >= 0.3 is 0 Å². The van der Waals surface area contributed by atoms with E-state index in [1.54, 1.807) is 0 Å². The van der Waals surface area contributed by atoms with Crippen molar-refractivity contribution in [2.45, 2.75) is 38.1 Å². The van der Waals surface area contributed by atoms with Crippen molar-refractivity contribution >= 4 is 0 Å². The summed E-state index contributed by atoms with van der Waals surface area (Å²) in [5.41, 5.74) is 0. The maximum atomic E-state index is 5.25. The Hall–Kier alpha value is -0.900. The van der Waals surface area contributed by atoms with Gasteiger partial charge in [-0.25, -0.2) is 0 Å². The quantitative estimate of drug-likeness (QED) is 0.789. The fourth-order valence-electron chi connectivity index (χ4n) is 1.97. The predicted molar refractivity (Wildman–Crippen MR) is 50.7 cm³/mol. The van der Waals surface area contributed by atoms with E-state index < -0.39 is 0 Å². The highest BCUT2D eigenvalue weighted by Crippen LogP contribution is 2.32. The first kappa shape index (κ1) is 8.41. The molecule has 1 saturated heterocycles. The van der Waals surface area contributed by atoms with Gasteiger partial charge in [-0.05, 0) is 38.1 Å². The number of rotatable bonds is 3. The molecule has 0 amide bonds. The molecule has 2 fully saturated rings. The molecule has 2 heterocycles. The molecule has 4 nitrogen and oxygen atoms in total. The van der Waals surface area contributed by atoms with Gasteiger partial charge in [0.05, 0.1) is 6.04 Å². The molecule has 1 unspecified atom stereocenters. The van der Waals surface area contributed by atoms with Gasteiger partial charge in [0.2, 0.25) is 5.89 Å². The minimum absolute atomic E-state index is 0.315. The highest BCUT2D eigenvalue weighted by Gasteiger charge is 2.26. The number of nitrogens with one attached hydrogen (secondary N) is 1. The van der Waals surface area contributed by atoms with Crippen molar-refractivity contribution in [3.63, 3.8) is 0 Å². The van der Waals surface area contributed by atoms with Crippen LogP contribution in [0.3, 0.4) is 0 Å². The molecule has 1 aliphatic heterocycles. The molecule has 1 aromatic rings. The van der Waals surface area contributed by atoms with Crippen LogP contribution in [0.15, 0.2) is 4.52 Å². The van der Waals surface area contributed by atoms with Crippen molar-refractivity contribution in [3.05, 3.63) is 11.7 Å². The van der Waals surface area contributed by atoms with Gasteiger partial charge in [-0.3, -0.25) is 0 Å². The lowest BCUT2D eigenvalue weighted by Gasteiger charge is -2.01. The maximum absolute atomic E-state index is 5.25. The van der Waals surface area contributed by atoms with E-state index >= 15 is 0 Å². The van der Waals surface area contributed by atoms with Gasteiger partial charge in [-0.1, -0.05) is 5.16 Å². The Labute approximate surface area is 83.1 Å². The van der Waals surface area contributed by atoms with Gasteiger partial charge in [0.25, 0.3) is 0 Å². The Morgan fingerprint density at radius 2 is 2.29 bits per heavy atom. The van der Waals surface area contributed by atoms with Gasteiger partial charge < -0.3 is 9.84 Å². The Kier molecular flexibility index (Phi) is 2.01. The van der Waals surface area contributed by atoms with Gasteiger partial charge in [-0.15, -0.1) is 0 Å². The van der Waals surface area contributed by atoms with Gasteiger partial charge in [0, 0.05) is 6.42 Å². The Morgan fingerprint density at radius 3 is 3.00 bits per heavy atom. The van der Waals surface area contributed by atoms with Crippen molar-refractivity contribution in [1.29, 1.82) is 0 Å². The first-order valence-corrected chi connectivity index (χ1v) is 5.47. The Balaban J connectivity index is 1.68. The zero-order valence-corrected chi connectivity index (χ0v) is 8.20. The SMILES string of the molecule is C1CNC(c2nc(CC3CC3)no2)C1. The average molecular weight is 193 g/mol. The third-order valence-corrected chi connectivity index (χ3v) is 3.01. The van der Waals surface area contributed by atoms with E-state index in [1.165, 1.54) is 19.3 Å². The topological polar surface area (TPSA) is 51.0 Å². The molecule has 0 bridgehead atoms. The first-order valence-electron chi connectivity index (χ1n) is 5.47. The molecule has 1 atom stereocenters. The lowest BCUT2D eigenvalue weighted by molar-refractivity contribution is 0.340. The van der Waals surface area contributed by atoms with Crippen LogP contribution in [0.25, 0.3) is 0 Å². The predicted octanol–water partition coefficient (Wildman–Crippen LogP) is 1.45. The van der Waals surface area contributed by atoms with Crippen molar-refractivity contribution in [3.8, 4) is 0 Å². The van der Waals surface area contributed by atoms with Crippen LogP contribution in [0.1, 0.15) is 43.4 Å². The average Bonchev–Trinajstić information content (AvgIpc) is 2.71. The Bertz CT molecular complexity index is 313. The van der Waals surface area contributed by atoms with E-state index in [-0.39, 0.29) is 0 Å². The molecule has 1 N–H and O–H groups in total. The summed E-state index contributed by atoms with van der Waals surface area (Å²) in [6, 6.07) is 0.315. The summed E-state index contributed by atoms with van der Waals surface area (Å²) in [7, 11) is 0. The Morgan fingerprint density at radius 1 is 1.36 bits per heavy atom. The third kappa shape index (κ3) is 1.66. The molecule has 14 heavy (non-hydrogen) atoms. The molecular weight excluding hydrogens is 178 g/mol. The summed E-state index contributed by atoms with van der Waals surface area (Å²) in [5.74, 6) is 2.52. The monoisotopic (exact) mass is 193 g/mol. The molecular formula is C10H15N3O. The van der Waals surface area contributed by atoms with E-state index in [0.717, 1.165) is 37.0 Å². The van der Waals surface area contributed by atoms with E-state index in [4.69, 9.17) is 4.52 Å². The smallest absolute Gasteiger partial charge is 0.243 e. The minimum Gasteiger partial charge on any atom is -0.338 e. The van der Waals surface area contributed by atoms with E-state index in [2.05, 4.69) is 15.5 Å². The summed E-state index contributed by atoms with van der Waals surface area (Å²) in [6.45, 7) is 1.07. The fraction of sp³-hybridized carbons (Fsp3) is 0.800. The number of aromatic nitrogens is 2. The minimum atomic E-state index is 0.315. The molecule has 2 aliphatic rings. The summed E-state index contributed by atoms with van der Waals surface area (Å²) >= 11 is 0. The van der Waals surface area contributed by atoms with Crippen LogP contribution in [0.5, 0.6) is 0 Å². The highest BCUT2D eigenvalue weighted by atomic mass is 16.5. The van der Waals surface area contributed by atoms with E-state index in [9.17, 15) is 0 Å². The number of hydrogen-bond acceptors (Lipinski definition) is 4. The van der Waals surface area contributed by atoms with Gasteiger partial charge in [0.1, 0.15) is 0 Å². The van der Waals surface area contributed by atoms with Crippen LogP contribution in [0, 0.1) is 5.92 Å². The van der Waals surface area contributed by atoms with Crippen molar-refractivity contribution in [2.75, 3.05) is 6.54 Å². The largest absolute Gasteiger partial charge is 0.338 e. The number of hydrogen-bond donors (Lipinski definition) is 1. The zero-order chi connectivity index (χ0) is 9.38. The zero-order valence-electron chi connectivity index (χ0n) is 8.20. The molecule has 4 heteroatoms. The van der Waals surface area contributed by atoms with E-state index in [1.807, 2.05) is 0 Å². The highest BCUT2D eigenvalue weighted by molar-refractivity contribution is 4.97. The molecule has 1 saturated carbocycles. The second-order valence-corrected chi connectivity index (χ2v) is 4.35. The van der Waals surface area contributed by atoms with Crippen LogP contribution in [0.4, 0.5) is 0 Å². The summed E-state index contributed by atoms with van der Waals surface area (Å²) in [6.07, 6.45) is 6.03. The molecule has 76 valence electrons. The molecule has 1 aromatic heterocycles. The van der Waals surface area contributed by atoms with E-state index in [0.29, 0.717) is 6.04 Å².